The van der Waals surface area contributed by atoms with Gasteiger partial charge in [-0.25, -0.2) is 0 Å². The topological polar surface area (TPSA) is 54.1 Å². The van der Waals surface area contributed by atoms with E-state index in [2.05, 4.69) is 10.3 Å². The maximum Gasteiger partial charge on any atom is 0.268 e. The van der Waals surface area contributed by atoms with Crippen LogP contribution in [0.4, 0.5) is 0 Å². The van der Waals surface area contributed by atoms with E-state index in [1.807, 2.05) is 38.1 Å². The molecule has 0 bridgehead atoms. The molecule has 0 aliphatic carbocycles. The van der Waals surface area contributed by atoms with Crippen LogP contribution in [0.15, 0.2) is 42.6 Å². The molecule has 0 saturated carbocycles. The van der Waals surface area contributed by atoms with Gasteiger partial charge in [-0.3, -0.25) is 4.79 Å². The lowest BCUT2D eigenvalue weighted by Crippen LogP contribution is -2.37. The maximum absolute atomic E-state index is 11.8. The molecule has 1 unspecified atom stereocenters. The minimum atomic E-state index is -0.120. The molecule has 100 valence electrons. The van der Waals surface area contributed by atoms with Gasteiger partial charge >= 0.3 is 0 Å². The van der Waals surface area contributed by atoms with Crippen molar-refractivity contribution in [3.05, 3.63) is 53.9 Å². The summed E-state index contributed by atoms with van der Waals surface area (Å²) in [5.74, 6) is 0.731. The molecule has 2 rings (SSSR count). The fraction of sp³-hybridized carbons (Fsp3) is 0.267. The molecule has 0 aliphatic rings. The van der Waals surface area contributed by atoms with Crippen molar-refractivity contribution in [3.63, 3.8) is 0 Å². The van der Waals surface area contributed by atoms with E-state index in [1.54, 1.807) is 18.3 Å². The number of amides is 1. The number of hydrogen-bond acceptors (Lipinski definition) is 2. The van der Waals surface area contributed by atoms with Gasteiger partial charge in [0.15, 0.2) is 0 Å². The predicted octanol–water partition coefficient (Wildman–Crippen LogP) is 2.52. The lowest BCUT2D eigenvalue weighted by Gasteiger charge is -2.15. The highest BCUT2D eigenvalue weighted by Crippen LogP contribution is 2.16. The number of para-hydroxylation sites is 1. The first-order valence-electron chi connectivity index (χ1n) is 6.29. The van der Waals surface area contributed by atoms with Crippen LogP contribution in [0.3, 0.4) is 0 Å². The third kappa shape index (κ3) is 3.61. The Labute approximate surface area is 112 Å². The van der Waals surface area contributed by atoms with Crippen molar-refractivity contribution in [1.29, 1.82) is 0 Å². The number of hydrogen-bond donors (Lipinski definition) is 2. The van der Waals surface area contributed by atoms with E-state index < -0.39 is 0 Å². The molecule has 0 aliphatic heterocycles. The van der Waals surface area contributed by atoms with E-state index in [0.717, 1.165) is 11.3 Å². The van der Waals surface area contributed by atoms with Crippen molar-refractivity contribution in [1.82, 2.24) is 10.3 Å². The Morgan fingerprint density at radius 1 is 1.32 bits per heavy atom. The molecule has 1 heterocycles. The largest absolute Gasteiger partial charge is 0.491 e. The molecule has 1 atom stereocenters. The molecule has 0 radical (unpaired) electrons. The van der Waals surface area contributed by atoms with Crippen molar-refractivity contribution in [3.8, 4) is 5.75 Å². The summed E-state index contributed by atoms with van der Waals surface area (Å²) in [5, 5.41) is 2.88. The number of rotatable bonds is 5. The van der Waals surface area contributed by atoms with Gasteiger partial charge in [-0.15, -0.1) is 0 Å². The molecule has 2 aromatic rings. The molecular formula is C15H18N2O2. The summed E-state index contributed by atoms with van der Waals surface area (Å²) in [6, 6.07) is 11.3. The van der Waals surface area contributed by atoms with Crippen LogP contribution in [0.2, 0.25) is 0 Å². The molecule has 4 heteroatoms. The van der Waals surface area contributed by atoms with Gasteiger partial charge in [0.1, 0.15) is 18.1 Å². The first-order chi connectivity index (χ1) is 9.16. The maximum atomic E-state index is 11.8. The Morgan fingerprint density at radius 3 is 2.79 bits per heavy atom. The summed E-state index contributed by atoms with van der Waals surface area (Å²) in [5.41, 5.74) is 1.65. The number of ether oxygens (including phenoxy) is 1. The molecular weight excluding hydrogens is 240 g/mol. The fourth-order valence-corrected chi connectivity index (χ4v) is 1.75. The number of aromatic nitrogens is 1. The lowest BCUT2D eigenvalue weighted by molar-refractivity contribution is 0.0922. The summed E-state index contributed by atoms with van der Waals surface area (Å²) in [6.07, 6.45) is 1.73. The van der Waals surface area contributed by atoms with Gasteiger partial charge in [0.2, 0.25) is 0 Å². The van der Waals surface area contributed by atoms with Crippen molar-refractivity contribution in [2.45, 2.75) is 19.9 Å². The molecule has 1 amide bonds. The summed E-state index contributed by atoms with van der Waals surface area (Å²) in [7, 11) is 0. The second-order valence-electron chi connectivity index (χ2n) is 4.53. The van der Waals surface area contributed by atoms with Gasteiger partial charge in [0.05, 0.1) is 6.04 Å². The third-order valence-electron chi connectivity index (χ3n) is 2.80. The Bertz CT molecular complexity index is 535. The highest BCUT2D eigenvalue weighted by molar-refractivity contribution is 5.92. The molecule has 1 aromatic carbocycles. The van der Waals surface area contributed by atoms with Crippen LogP contribution >= 0.6 is 0 Å². The number of nitrogens with one attached hydrogen (secondary N) is 2. The number of aryl methyl sites for hydroxylation is 1. The molecule has 19 heavy (non-hydrogen) atoms. The minimum absolute atomic E-state index is 0.0598. The van der Waals surface area contributed by atoms with E-state index in [1.165, 1.54) is 0 Å². The van der Waals surface area contributed by atoms with Crippen LogP contribution in [-0.4, -0.2) is 23.5 Å². The lowest BCUT2D eigenvalue weighted by atomic mass is 10.2. The first-order valence-corrected chi connectivity index (χ1v) is 6.29. The standard InChI is InChI=1S/C15H18N2O2/c1-11-6-3-4-8-14(11)19-10-12(2)17-15(18)13-7-5-9-16-13/h3-9,12,16H,10H2,1-2H3,(H,17,18). The predicted molar refractivity (Wildman–Crippen MR) is 74.4 cm³/mol. The smallest absolute Gasteiger partial charge is 0.268 e. The van der Waals surface area contributed by atoms with Crippen LogP contribution in [0.1, 0.15) is 23.0 Å². The highest BCUT2D eigenvalue weighted by Gasteiger charge is 2.11. The molecule has 0 fully saturated rings. The Morgan fingerprint density at radius 2 is 2.11 bits per heavy atom. The van der Waals surface area contributed by atoms with Crippen LogP contribution in [-0.2, 0) is 0 Å². The number of aromatic amines is 1. The second-order valence-corrected chi connectivity index (χ2v) is 4.53. The van der Waals surface area contributed by atoms with Gasteiger partial charge in [-0.05, 0) is 37.6 Å². The third-order valence-corrected chi connectivity index (χ3v) is 2.80. The normalized spacial score (nSPS) is 11.9. The number of carbonyl (C=O) groups is 1. The van der Waals surface area contributed by atoms with E-state index >= 15 is 0 Å². The zero-order valence-corrected chi connectivity index (χ0v) is 11.1. The Kier molecular flexibility index (Phi) is 4.23. The van der Waals surface area contributed by atoms with E-state index in [9.17, 15) is 4.79 Å². The van der Waals surface area contributed by atoms with E-state index in [-0.39, 0.29) is 11.9 Å². The molecule has 1 aromatic heterocycles. The zero-order chi connectivity index (χ0) is 13.7. The van der Waals surface area contributed by atoms with Gasteiger partial charge in [-0.1, -0.05) is 18.2 Å². The van der Waals surface area contributed by atoms with E-state index in [0.29, 0.717) is 12.3 Å². The molecule has 0 saturated heterocycles. The summed E-state index contributed by atoms with van der Waals surface area (Å²) >= 11 is 0. The number of benzene rings is 1. The molecule has 4 nitrogen and oxygen atoms in total. The second kappa shape index (κ2) is 6.09. The van der Waals surface area contributed by atoms with Crippen molar-refractivity contribution in [2.24, 2.45) is 0 Å². The van der Waals surface area contributed by atoms with Gasteiger partial charge in [-0.2, -0.15) is 0 Å². The highest BCUT2D eigenvalue weighted by atomic mass is 16.5. The summed E-state index contributed by atoms with van der Waals surface area (Å²) in [4.78, 5) is 14.7. The SMILES string of the molecule is Cc1ccccc1OCC(C)NC(=O)c1ccc[nH]1. The Balaban J connectivity index is 1.84. The first kappa shape index (κ1) is 13.2. The van der Waals surface area contributed by atoms with Gasteiger partial charge in [0, 0.05) is 6.20 Å². The average Bonchev–Trinajstić information content (AvgIpc) is 2.91. The Hall–Kier alpha value is -2.23. The van der Waals surface area contributed by atoms with Crippen molar-refractivity contribution >= 4 is 5.91 Å². The van der Waals surface area contributed by atoms with Crippen LogP contribution in [0.5, 0.6) is 5.75 Å². The van der Waals surface area contributed by atoms with Crippen LogP contribution < -0.4 is 10.1 Å². The average molecular weight is 258 g/mol. The zero-order valence-electron chi connectivity index (χ0n) is 11.1. The quantitative estimate of drug-likeness (QED) is 0.865. The fourth-order valence-electron chi connectivity index (χ4n) is 1.75. The van der Waals surface area contributed by atoms with E-state index in [4.69, 9.17) is 4.74 Å². The molecule has 2 N–H and O–H groups in total. The van der Waals surface area contributed by atoms with Crippen LogP contribution in [0, 0.1) is 6.92 Å². The summed E-state index contributed by atoms with van der Waals surface area (Å²) in [6.45, 7) is 4.36. The number of carbonyl (C=O) groups excluding carboxylic acids is 1. The van der Waals surface area contributed by atoms with Crippen molar-refractivity contribution in [2.75, 3.05) is 6.61 Å². The number of H-pyrrole nitrogens is 1. The minimum Gasteiger partial charge on any atom is -0.491 e. The van der Waals surface area contributed by atoms with Gasteiger partial charge < -0.3 is 15.0 Å². The summed E-state index contributed by atoms with van der Waals surface area (Å²) < 4.78 is 5.69. The molecule has 0 spiro atoms. The van der Waals surface area contributed by atoms with Crippen LogP contribution in [0.25, 0.3) is 0 Å². The van der Waals surface area contributed by atoms with Gasteiger partial charge in [0.25, 0.3) is 5.91 Å². The monoisotopic (exact) mass is 258 g/mol. The van der Waals surface area contributed by atoms with Crippen molar-refractivity contribution < 1.29 is 9.53 Å².